The molecule has 92 valence electrons. The Morgan fingerprint density at radius 3 is 3.18 bits per heavy atom. The summed E-state index contributed by atoms with van der Waals surface area (Å²) in [6.07, 6.45) is 6.23. The molecule has 1 aromatic heterocycles. The predicted octanol–water partition coefficient (Wildman–Crippen LogP) is 2.48. The fourth-order valence-electron chi connectivity index (χ4n) is 1.88. The summed E-state index contributed by atoms with van der Waals surface area (Å²) in [6.45, 7) is 1.56. The van der Waals surface area contributed by atoms with Gasteiger partial charge in [0.05, 0.1) is 11.7 Å². The zero-order valence-electron chi connectivity index (χ0n) is 9.49. The third-order valence-corrected chi connectivity index (χ3v) is 3.77. The van der Waals surface area contributed by atoms with E-state index in [9.17, 15) is 4.79 Å². The van der Waals surface area contributed by atoms with Crippen LogP contribution >= 0.6 is 22.6 Å². The monoisotopic (exact) mass is 346 g/mol. The van der Waals surface area contributed by atoms with Gasteiger partial charge in [0.1, 0.15) is 5.82 Å². The highest BCUT2D eigenvalue weighted by molar-refractivity contribution is 14.1. The molecule has 1 saturated heterocycles. The van der Waals surface area contributed by atoms with Crippen LogP contribution in [0.3, 0.4) is 0 Å². The first-order valence-electron chi connectivity index (χ1n) is 5.76. The van der Waals surface area contributed by atoms with Gasteiger partial charge in [-0.05, 0) is 47.9 Å². The summed E-state index contributed by atoms with van der Waals surface area (Å²) in [5.41, 5.74) is 0.629. The molecule has 2 heterocycles. The van der Waals surface area contributed by atoms with E-state index in [1.165, 1.54) is 6.42 Å². The van der Waals surface area contributed by atoms with Gasteiger partial charge in [0.25, 0.3) is 0 Å². The van der Waals surface area contributed by atoms with Crippen LogP contribution in [0, 0.1) is 3.57 Å². The number of pyridine rings is 1. The van der Waals surface area contributed by atoms with Gasteiger partial charge in [-0.25, -0.2) is 4.98 Å². The third kappa shape index (κ3) is 3.38. The van der Waals surface area contributed by atoms with Gasteiger partial charge >= 0.3 is 0 Å². The van der Waals surface area contributed by atoms with Crippen molar-refractivity contribution in [2.24, 2.45) is 0 Å². The zero-order chi connectivity index (χ0) is 12.1. The summed E-state index contributed by atoms with van der Waals surface area (Å²) in [6, 6.07) is 1.83. The number of nitrogens with one attached hydrogen (secondary N) is 1. The van der Waals surface area contributed by atoms with E-state index in [0.29, 0.717) is 17.9 Å². The number of ether oxygens (including phenoxy) is 1. The minimum atomic E-state index is 0.239. The van der Waals surface area contributed by atoms with Crippen LogP contribution in [0.15, 0.2) is 12.3 Å². The van der Waals surface area contributed by atoms with Crippen molar-refractivity contribution in [3.63, 3.8) is 0 Å². The standard InChI is InChI=1S/C12H15IN2O2/c13-11-4-5-14-12(10(11)8-16)15-7-9-3-1-2-6-17-9/h4-5,8-9H,1-3,6-7H2,(H,14,15). The Balaban J connectivity index is 1.98. The molecule has 2 rings (SSSR count). The second-order valence-corrected chi connectivity index (χ2v) is 5.20. The highest BCUT2D eigenvalue weighted by atomic mass is 127. The molecule has 0 aliphatic carbocycles. The maximum Gasteiger partial charge on any atom is 0.154 e. The molecule has 0 amide bonds. The van der Waals surface area contributed by atoms with E-state index in [0.717, 1.165) is 29.3 Å². The first-order chi connectivity index (χ1) is 8.31. The number of hydrogen-bond donors (Lipinski definition) is 1. The van der Waals surface area contributed by atoms with Gasteiger partial charge in [0.15, 0.2) is 6.29 Å². The molecule has 0 radical (unpaired) electrons. The second-order valence-electron chi connectivity index (χ2n) is 4.04. The lowest BCUT2D eigenvalue weighted by atomic mass is 10.1. The van der Waals surface area contributed by atoms with Crippen LogP contribution in [0.25, 0.3) is 0 Å². The molecule has 0 aromatic carbocycles. The molecule has 1 aromatic rings. The fourth-order valence-corrected chi connectivity index (χ4v) is 2.42. The summed E-state index contributed by atoms with van der Waals surface area (Å²) in [5, 5.41) is 3.20. The summed E-state index contributed by atoms with van der Waals surface area (Å²) < 4.78 is 6.54. The van der Waals surface area contributed by atoms with Gasteiger partial charge < -0.3 is 10.1 Å². The molecule has 4 nitrogen and oxygen atoms in total. The molecule has 1 fully saturated rings. The van der Waals surface area contributed by atoms with Gasteiger partial charge in [-0.15, -0.1) is 0 Å². The summed E-state index contributed by atoms with van der Waals surface area (Å²) in [4.78, 5) is 15.2. The van der Waals surface area contributed by atoms with Crippen LogP contribution < -0.4 is 5.32 Å². The number of halogens is 1. The minimum Gasteiger partial charge on any atom is -0.376 e. The van der Waals surface area contributed by atoms with E-state index < -0.39 is 0 Å². The SMILES string of the molecule is O=Cc1c(I)ccnc1NCC1CCCCO1. The van der Waals surface area contributed by atoms with E-state index >= 15 is 0 Å². The lowest BCUT2D eigenvalue weighted by molar-refractivity contribution is 0.0247. The zero-order valence-corrected chi connectivity index (χ0v) is 11.6. The Hall–Kier alpha value is -0.690. The van der Waals surface area contributed by atoms with Crippen molar-refractivity contribution in [1.82, 2.24) is 4.98 Å². The Kier molecular flexibility index (Phi) is 4.73. The summed E-state index contributed by atoms with van der Waals surface area (Å²) in [7, 11) is 0. The summed E-state index contributed by atoms with van der Waals surface area (Å²) >= 11 is 2.14. The van der Waals surface area contributed by atoms with Crippen LogP contribution in [0.4, 0.5) is 5.82 Å². The molecular formula is C12H15IN2O2. The third-order valence-electron chi connectivity index (χ3n) is 2.83. The predicted molar refractivity (Wildman–Crippen MR) is 74.4 cm³/mol. The molecule has 17 heavy (non-hydrogen) atoms. The average molecular weight is 346 g/mol. The normalized spacial score (nSPS) is 19.9. The van der Waals surface area contributed by atoms with Crippen LogP contribution in [-0.4, -0.2) is 30.5 Å². The first-order valence-corrected chi connectivity index (χ1v) is 6.84. The van der Waals surface area contributed by atoms with Crippen molar-refractivity contribution >= 4 is 34.7 Å². The van der Waals surface area contributed by atoms with Crippen molar-refractivity contribution < 1.29 is 9.53 Å². The van der Waals surface area contributed by atoms with Gasteiger partial charge in [0, 0.05) is 22.9 Å². The maximum absolute atomic E-state index is 11.0. The van der Waals surface area contributed by atoms with Gasteiger partial charge in [-0.3, -0.25) is 4.79 Å². The van der Waals surface area contributed by atoms with E-state index in [4.69, 9.17) is 4.74 Å². The van der Waals surface area contributed by atoms with Gasteiger partial charge in [0.2, 0.25) is 0 Å². The van der Waals surface area contributed by atoms with Crippen molar-refractivity contribution in [2.75, 3.05) is 18.5 Å². The molecule has 1 aliphatic heterocycles. The molecular weight excluding hydrogens is 331 g/mol. The highest BCUT2D eigenvalue weighted by Gasteiger charge is 2.14. The molecule has 1 atom stereocenters. The number of aromatic nitrogens is 1. The Labute approximate surface area is 114 Å². The van der Waals surface area contributed by atoms with E-state index in [2.05, 4.69) is 32.9 Å². The number of carbonyl (C=O) groups is 1. The number of carbonyl (C=O) groups excluding carboxylic acids is 1. The smallest absolute Gasteiger partial charge is 0.154 e. The van der Waals surface area contributed by atoms with E-state index in [-0.39, 0.29) is 6.10 Å². The van der Waals surface area contributed by atoms with Crippen LogP contribution in [0.1, 0.15) is 29.6 Å². The van der Waals surface area contributed by atoms with Crippen molar-refractivity contribution in [1.29, 1.82) is 0 Å². The van der Waals surface area contributed by atoms with Crippen molar-refractivity contribution in [3.8, 4) is 0 Å². The number of anilines is 1. The van der Waals surface area contributed by atoms with E-state index in [1.807, 2.05) is 6.07 Å². The van der Waals surface area contributed by atoms with Gasteiger partial charge in [-0.2, -0.15) is 0 Å². The molecule has 0 bridgehead atoms. The molecule has 1 N–H and O–H groups in total. The van der Waals surface area contributed by atoms with E-state index in [1.54, 1.807) is 6.20 Å². The Morgan fingerprint density at radius 2 is 2.47 bits per heavy atom. The fraction of sp³-hybridized carbons (Fsp3) is 0.500. The molecule has 1 unspecified atom stereocenters. The van der Waals surface area contributed by atoms with Crippen LogP contribution in [0.5, 0.6) is 0 Å². The van der Waals surface area contributed by atoms with Crippen LogP contribution in [0.2, 0.25) is 0 Å². The largest absolute Gasteiger partial charge is 0.376 e. The Bertz CT molecular complexity index is 392. The highest BCUT2D eigenvalue weighted by Crippen LogP contribution is 2.18. The minimum absolute atomic E-state index is 0.239. The van der Waals surface area contributed by atoms with Crippen molar-refractivity contribution in [2.45, 2.75) is 25.4 Å². The van der Waals surface area contributed by atoms with Gasteiger partial charge in [-0.1, -0.05) is 0 Å². The topological polar surface area (TPSA) is 51.2 Å². The summed E-state index contributed by atoms with van der Waals surface area (Å²) in [5.74, 6) is 0.654. The Morgan fingerprint density at radius 1 is 1.59 bits per heavy atom. The van der Waals surface area contributed by atoms with Crippen LogP contribution in [-0.2, 0) is 4.74 Å². The number of hydrogen-bond acceptors (Lipinski definition) is 4. The molecule has 0 saturated carbocycles. The second kappa shape index (κ2) is 6.30. The number of aldehydes is 1. The van der Waals surface area contributed by atoms with Crippen molar-refractivity contribution in [3.05, 3.63) is 21.4 Å². The lowest BCUT2D eigenvalue weighted by Gasteiger charge is -2.23. The maximum atomic E-state index is 11.0. The molecule has 1 aliphatic rings. The quantitative estimate of drug-likeness (QED) is 0.672. The number of nitrogens with zero attached hydrogens (tertiary/aromatic N) is 1. The average Bonchev–Trinajstić information content (AvgIpc) is 2.37. The first kappa shape index (κ1) is 12.8. The molecule has 5 heteroatoms. The lowest BCUT2D eigenvalue weighted by Crippen LogP contribution is -2.27. The number of rotatable bonds is 4. The molecule has 0 spiro atoms.